The molecule has 0 saturated carbocycles. The monoisotopic (exact) mass is 1060 g/mol. The lowest BCUT2D eigenvalue weighted by molar-refractivity contribution is -0.130. The number of rotatable bonds is 12. The molecule has 1 unspecified atom stereocenters. The van der Waals surface area contributed by atoms with Crippen molar-refractivity contribution in [3.05, 3.63) is 113 Å². The lowest BCUT2D eigenvalue weighted by Gasteiger charge is -2.35. The molecular formula is C58H73N7O12. The summed E-state index contributed by atoms with van der Waals surface area (Å²) in [6.07, 6.45) is 4.30. The van der Waals surface area contributed by atoms with E-state index in [2.05, 4.69) is 75.3 Å². The number of carbonyl (C=O) groups excluding carboxylic acids is 2. The second kappa shape index (κ2) is 27.0. The van der Waals surface area contributed by atoms with Crippen LogP contribution in [0, 0.1) is 13.8 Å². The molecule has 77 heavy (non-hydrogen) atoms. The van der Waals surface area contributed by atoms with Crippen molar-refractivity contribution in [3.63, 3.8) is 0 Å². The number of hydrogen-bond acceptors (Lipinski definition) is 17. The van der Waals surface area contributed by atoms with Crippen LogP contribution in [-0.2, 0) is 33.2 Å². The normalized spacial score (nSPS) is 18.4. The number of aromatic nitrogens is 3. The zero-order chi connectivity index (χ0) is 53.5. The topological polar surface area (TPSA) is 170 Å². The molecule has 1 saturated heterocycles. The molecule has 412 valence electrons. The summed E-state index contributed by atoms with van der Waals surface area (Å²) in [5.41, 5.74) is 8.74. The van der Waals surface area contributed by atoms with E-state index in [4.69, 9.17) is 47.4 Å². The second-order valence-electron chi connectivity index (χ2n) is 19.1. The number of aryl methyl sites for hydroxylation is 2. The number of hydrogen-bond donors (Lipinski definition) is 0. The average molecular weight is 1060 g/mol. The molecule has 19 heteroatoms. The van der Waals surface area contributed by atoms with Crippen molar-refractivity contribution in [1.29, 1.82) is 0 Å². The molecule has 1 atom stereocenters. The van der Waals surface area contributed by atoms with E-state index in [-0.39, 0.29) is 38.2 Å². The third-order valence-corrected chi connectivity index (χ3v) is 14.0. The predicted octanol–water partition coefficient (Wildman–Crippen LogP) is 6.53. The Balaban J connectivity index is 1.11. The molecule has 5 heterocycles. The van der Waals surface area contributed by atoms with Gasteiger partial charge in [-0.3, -0.25) is 14.5 Å². The van der Waals surface area contributed by atoms with Crippen molar-refractivity contribution in [2.75, 3.05) is 167 Å². The van der Waals surface area contributed by atoms with Crippen molar-refractivity contribution in [1.82, 2.24) is 19.9 Å². The number of benzene rings is 4. The fourth-order valence-electron chi connectivity index (χ4n) is 10.2. The standard InChI is InChI=1S/C58H73N7O12/c1-6-64-57(66)46-9-7-8-45-44(12-13-47(55(45)46)58(64)67)48-40-65(60-59-48)43-38-53(76-34-28-68-4)56(54(39-43)77-35-29-69-5)63-20-26-74-51-36-41(2)10-14-49(51)61-16-22-70-30-32-72-24-18-62(19-25-73-33-31-71-23-17-61)50-15-11-42(3)37-52(50)75-27-21-63/h7-12,14-15,36-40,47H,6,13,16-35H2,1-5H3. The van der Waals surface area contributed by atoms with Gasteiger partial charge in [-0.2, -0.15) is 0 Å². The van der Waals surface area contributed by atoms with Crippen molar-refractivity contribution < 1.29 is 57.0 Å². The highest BCUT2D eigenvalue weighted by Crippen LogP contribution is 2.44. The molecule has 0 radical (unpaired) electrons. The van der Waals surface area contributed by atoms with Gasteiger partial charge in [-0.1, -0.05) is 35.6 Å². The summed E-state index contributed by atoms with van der Waals surface area (Å²) in [6.45, 7) is 15.0. The lowest BCUT2D eigenvalue weighted by atomic mass is 9.76. The Kier molecular flexibility index (Phi) is 19.3. The highest BCUT2D eigenvalue weighted by Gasteiger charge is 2.41. The summed E-state index contributed by atoms with van der Waals surface area (Å²) < 4.78 is 64.3. The van der Waals surface area contributed by atoms with Crippen LogP contribution in [0.4, 0.5) is 17.1 Å². The van der Waals surface area contributed by atoms with Gasteiger partial charge in [0.25, 0.3) is 5.91 Å². The van der Waals surface area contributed by atoms with Crippen LogP contribution in [0.1, 0.15) is 57.6 Å². The Bertz CT molecular complexity index is 2690. The molecule has 4 aromatic carbocycles. The Morgan fingerprint density at radius 1 is 0.610 bits per heavy atom. The van der Waals surface area contributed by atoms with Gasteiger partial charge in [0.1, 0.15) is 60.8 Å². The van der Waals surface area contributed by atoms with Crippen LogP contribution in [0.2, 0.25) is 0 Å². The number of nitrogens with zero attached hydrogens (tertiary/aromatic N) is 7. The van der Waals surface area contributed by atoms with Crippen LogP contribution in [0.3, 0.4) is 0 Å². The van der Waals surface area contributed by atoms with Crippen LogP contribution in [0.15, 0.2) is 79.0 Å². The summed E-state index contributed by atoms with van der Waals surface area (Å²) in [5, 5.41) is 9.33. The van der Waals surface area contributed by atoms with Crippen molar-refractivity contribution in [2.45, 2.75) is 33.1 Å². The molecule has 4 aliphatic heterocycles. The van der Waals surface area contributed by atoms with Gasteiger partial charge < -0.3 is 62.1 Å². The van der Waals surface area contributed by atoms with Gasteiger partial charge in [-0.25, -0.2) is 4.68 Å². The SMILES string of the molecule is CCN1C(=O)c2cccc3c2C(CC=C3c2cn(-c3cc(OCCOC)c(N4CCOc5cc(C)ccc5N5CCOCCOCCN(CCOCCOCC5)c5ccc(C)cc5OCC4)c(OCCOC)c3)nn2)C1=O. The third-order valence-electron chi connectivity index (χ3n) is 14.0. The number of amides is 2. The minimum Gasteiger partial charge on any atom is -0.490 e. The molecule has 0 N–H and O–H groups in total. The molecule has 1 fully saturated rings. The van der Waals surface area contributed by atoms with Gasteiger partial charge in [-0.05, 0) is 79.8 Å². The maximum Gasteiger partial charge on any atom is 0.260 e. The van der Waals surface area contributed by atoms with Gasteiger partial charge in [0.05, 0.1) is 108 Å². The predicted molar refractivity (Wildman–Crippen MR) is 292 cm³/mol. The van der Waals surface area contributed by atoms with E-state index >= 15 is 0 Å². The molecule has 2 amide bonds. The summed E-state index contributed by atoms with van der Waals surface area (Å²) in [6, 6.07) is 22.0. The number of anilines is 3. The van der Waals surface area contributed by atoms with Crippen LogP contribution < -0.4 is 33.6 Å². The fraction of sp³-hybridized carbons (Fsp3) is 0.483. The summed E-state index contributed by atoms with van der Waals surface area (Å²) in [7, 11) is 3.27. The number of ether oxygens (including phenoxy) is 10. The van der Waals surface area contributed by atoms with Crippen LogP contribution in [-0.4, -0.2) is 184 Å². The first kappa shape index (κ1) is 55.0. The minimum absolute atomic E-state index is 0.181. The third kappa shape index (κ3) is 13.3. The van der Waals surface area contributed by atoms with E-state index in [1.165, 1.54) is 4.90 Å². The Morgan fingerprint density at radius 2 is 1.13 bits per heavy atom. The average Bonchev–Trinajstić information content (AvgIpc) is 4.00. The van der Waals surface area contributed by atoms with Crippen LogP contribution in [0.25, 0.3) is 11.3 Å². The summed E-state index contributed by atoms with van der Waals surface area (Å²) in [5.74, 6) is 1.59. The highest BCUT2D eigenvalue weighted by molar-refractivity contribution is 6.13. The maximum atomic E-state index is 13.6. The van der Waals surface area contributed by atoms with Gasteiger partial charge in [-0.15, -0.1) is 5.10 Å². The Hall–Kier alpha value is -6.74. The van der Waals surface area contributed by atoms with Crippen LogP contribution in [0.5, 0.6) is 23.0 Å². The first-order valence-electron chi connectivity index (χ1n) is 26.8. The number of fused-ring (bicyclic) bond motifs is 20. The summed E-state index contributed by atoms with van der Waals surface area (Å²) >= 11 is 0. The van der Waals surface area contributed by atoms with E-state index in [0.29, 0.717) is 152 Å². The molecule has 0 spiro atoms. The quantitative estimate of drug-likeness (QED) is 0.0751. The molecule has 2 bridgehead atoms. The smallest absolute Gasteiger partial charge is 0.260 e. The number of carbonyl (C=O) groups is 2. The molecular weight excluding hydrogens is 987 g/mol. The second-order valence-corrected chi connectivity index (χ2v) is 19.1. The fourth-order valence-corrected chi connectivity index (χ4v) is 10.2. The van der Waals surface area contributed by atoms with E-state index in [9.17, 15) is 9.59 Å². The van der Waals surface area contributed by atoms with E-state index < -0.39 is 5.92 Å². The highest BCUT2D eigenvalue weighted by atomic mass is 16.5. The summed E-state index contributed by atoms with van der Waals surface area (Å²) in [4.78, 5) is 35.1. The van der Waals surface area contributed by atoms with Crippen molar-refractivity contribution in [3.8, 4) is 28.7 Å². The molecule has 19 nitrogen and oxygen atoms in total. The maximum absolute atomic E-state index is 13.6. The largest absolute Gasteiger partial charge is 0.490 e. The van der Waals surface area contributed by atoms with E-state index in [1.807, 2.05) is 43.5 Å². The zero-order valence-electron chi connectivity index (χ0n) is 45.2. The Morgan fingerprint density at radius 3 is 1.65 bits per heavy atom. The molecule has 1 aromatic heterocycles. The van der Waals surface area contributed by atoms with Gasteiger partial charge in [0.2, 0.25) is 5.91 Å². The lowest BCUT2D eigenvalue weighted by Crippen LogP contribution is -2.45. The first-order valence-corrected chi connectivity index (χ1v) is 26.8. The first-order chi connectivity index (χ1) is 37.8. The number of imide groups is 1. The number of allylic oxidation sites excluding steroid dienone is 1. The number of methoxy groups -OCH3 is 2. The van der Waals surface area contributed by atoms with Crippen molar-refractivity contribution >= 4 is 34.4 Å². The van der Waals surface area contributed by atoms with E-state index in [0.717, 1.165) is 50.7 Å². The molecule has 5 aromatic rings. The minimum atomic E-state index is -0.447. The van der Waals surface area contributed by atoms with E-state index in [1.54, 1.807) is 25.0 Å². The zero-order valence-corrected chi connectivity index (χ0v) is 45.2. The molecule has 1 aliphatic carbocycles. The molecule has 5 aliphatic rings. The number of likely N-dealkylation sites (N-methyl/N-ethyl adjacent to an activating group) is 1. The Labute approximate surface area is 451 Å². The molecule has 10 rings (SSSR count). The van der Waals surface area contributed by atoms with Crippen LogP contribution >= 0.6 is 0 Å². The van der Waals surface area contributed by atoms with Gasteiger partial charge >= 0.3 is 0 Å². The van der Waals surface area contributed by atoms with Crippen molar-refractivity contribution in [2.24, 2.45) is 0 Å². The van der Waals surface area contributed by atoms with Gasteiger partial charge in [0.15, 0.2) is 0 Å². The van der Waals surface area contributed by atoms with Gasteiger partial charge in [0, 0.05) is 70.2 Å².